The summed E-state index contributed by atoms with van der Waals surface area (Å²) in [5.74, 6) is 0.0808. The zero-order valence-electron chi connectivity index (χ0n) is 14.6. The predicted molar refractivity (Wildman–Crippen MR) is 113 cm³/mol. The van der Waals surface area contributed by atoms with Gasteiger partial charge in [-0.1, -0.05) is 11.6 Å². The molecule has 5 nitrogen and oxygen atoms in total. The second-order valence-electron chi connectivity index (χ2n) is 6.31. The van der Waals surface area contributed by atoms with Crippen LogP contribution >= 0.6 is 34.2 Å². The molecular weight excluding hydrogens is 499 g/mol. The fourth-order valence-electron chi connectivity index (χ4n) is 3.10. The molecule has 0 saturated heterocycles. The third-order valence-electron chi connectivity index (χ3n) is 4.37. The lowest BCUT2D eigenvalue weighted by Crippen LogP contribution is -2.04. The SMILES string of the molecule is FCCCn1c(-c2cncc(Cn3cncc3I)c2)nc2cc(F)c(Cl)cc21. The van der Waals surface area contributed by atoms with Gasteiger partial charge in [0.15, 0.2) is 0 Å². The van der Waals surface area contributed by atoms with Crippen molar-refractivity contribution in [2.45, 2.75) is 19.5 Å². The van der Waals surface area contributed by atoms with Gasteiger partial charge in [0, 0.05) is 30.6 Å². The van der Waals surface area contributed by atoms with Crippen LogP contribution in [0.15, 0.2) is 43.1 Å². The number of aryl methyl sites for hydroxylation is 1. The van der Waals surface area contributed by atoms with Crippen LogP contribution in [0, 0.1) is 9.52 Å². The Kier molecular flexibility index (Phi) is 5.58. The third kappa shape index (κ3) is 3.75. The molecule has 28 heavy (non-hydrogen) atoms. The van der Waals surface area contributed by atoms with E-state index in [1.165, 1.54) is 12.1 Å². The van der Waals surface area contributed by atoms with Gasteiger partial charge in [-0.2, -0.15) is 0 Å². The van der Waals surface area contributed by atoms with E-state index in [9.17, 15) is 8.78 Å². The molecule has 0 aliphatic rings. The minimum atomic E-state index is -0.530. The molecule has 0 amide bonds. The van der Waals surface area contributed by atoms with Crippen LogP contribution in [0.2, 0.25) is 5.02 Å². The maximum Gasteiger partial charge on any atom is 0.144 e. The molecule has 0 radical (unpaired) electrons. The van der Waals surface area contributed by atoms with E-state index >= 15 is 0 Å². The van der Waals surface area contributed by atoms with E-state index in [-0.39, 0.29) is 5.02 Å². The number of hydrogen-bond donors (Lipinski definition) is 0. The number of rotatable bonds is 6. The van der Waals surface area contributed by atoms with Gasteiger partial charge < -0.3 is 9.13 Å². The lowest BCUT2D eigenvalue weighted by Gasteiger charge is -2.10. The van der Waals surface area contributed by atoms with Crippen molar-refractivity contribution in [1.29, 1.82) is 0 Å². The van der Waals surface area contributed by atoms with Crippen molar-refractivity contribution in [2.24, 2.45) is 0 Å². The Labute approximate surface area is 178 Å². The number of pyridine rings is 1. The van der Waals surface area contributed by atoms with Crippen LogP contribution < -0.4 is 0 Å². The van der Waals surface area contributed by atoms with Gasteiger partial charge in [0.25, 0.3) is 0 Å². The molecule has 0 aliphatic heterocycles. The molecule has 0 fully saturated rings. The molecule has 0 unspecified atom stereocenters. The number of nitrogens with zero attached hydrogens (tertiary/aromatic N) is 5. The first-order chi connectivity index (χ1) is 13.6. The normalized spacial score (nSPS) is 11.4. The number of alkyl halides is 1. The highest BCUT2D eigenvalue weighted by atomic mass is 127. The van der Waals surface area contributed by atoms with Gasteiger partial charge in [0.05, 0.1) is 45.5 Å². The van der Waals surface area contributed by atoms with Crippen molar-refractivity contribution in [3.05, 3.63) is 63.2 Å². The molecule has 0 saturated carbocycles. The Morgan fingerprint density at radius 3 is 2.71 bits per heavy atom. The van der Waals surface area contributed by atoms with Crippen molar-refractivity contribution in [3.8, 4) is 11.4 Å². The summed E-state index contributed by atoms with van der Waals surface area (Å²) < 4.78 is 31.6. The van der Waals surface area contributed by atoms with Gasteiger partial charge in [-0.3, -0.25) is 9.37 Å². The summed E-state index contributed by atoms with van der Waals surface area (Å²) in [6.07, 6.45) is 7.36. The number of imidazole rings is 2. The molecule has 3 aromatic heterocycles. The Morgan fingerprint density at radius 2 is 1.96 bits per heavy atom. The summed E-state index contributed by atoms with van der Waals surface area (Å²) in [5.41, 5.74) is 2.90. The Bertz CT molecular complexity index is 1140. The average Bonchev–Trinajstić information content (AvgIpc) is 3.24. The zero-order chi connectivity index (χ0) is 19.7. The first-order valence-corrected chi connectivity index (χ1v) is 10.0. The highest BCUT2D eigenvalue weighted by molar-refractivity contribution is 14.1. The standard InChI is InChI=1S/C19H15ClF2IN5/c20-14-5-17-16(6-15(14)22)26-19(28(17)3-1-2-21)13-4-12(7-24-8-13)10-27-11-25-9-18(27)23/h4-9,11H,1-3,10H2. The third-order valence-corrected chi connectivity index (χ3v) is 5.56. The molecule has 144 valence electrons. The second kappa shape index (κ2) is 8.12. The van der Waals surface area contributed by atoms with Gasteiger partial charge in [0.1, 0.15) is 11.6 Å². The molecule has 1 aromatic carbocycles. The number of aromatic nitrogens is 5. The smallest absolute Gasteiger partial charge is 0.144 e. The average molecular weight is 514 g/mol. The maximum absolute atomic E-state index is 13.9. The highest BCUT2D eigenvalue weighted by Crippen LogP contribution is 2.29. The molecule has 4 rings (SSSR count). The van der Waals surface area contributed by atoms with Crippen LogP contribution in [-0.4, -0.2) is 30.8 Å². The minimum absolute atomic E-state index is 0.0157. The van der Waals surface area contributed by atoms with Gasteiger partial charge in [-0.25, -0.2) is 14.4 Å². The lowest BCUT2D eigenvalue weighted by atomic mass is 10.2. The van der Waals surface area contributed by atoms with Crippen molar-refractivity contribution in [1.82, 2.24) is 24.1 Å². The lowest BCUT2D eigenvalue weighted by molar-refractivity contribution is 0.450. The summed E-state index contributed by atoms with van der Waals surface area (Å²) >= 11 is 8.18. The van der Waals surface area contributed by atoms with E-state index in [0.717, 1.165) is 14.8 Å². The molecule has 9 heteroatoms. The molecule has 0 atom stereocenters. The fraction of sp³-hybridized carbons (Fsp3) is 0.211. The predicted octanol–water partition coefficient (Wildman–Crippen LogP) is 5.10. The summed E-state index contributed by atoms with van der Waals surface area (Å²) in [6, 6.07) is 4.82. The highest BCUT2D eigenvalue weighted by Gasteiger charge is 2.16. The van der Waals surface area contributed by atoms with Crippen LogP contribution in [-0.2, 0) is 13.1 Å². The number of hydrogen-bond acceptors (Lipinski definition) is 3. The van der Waals surface area contributed by atoms with Crippen LogP contribution in [0.25, 0.3) is 22.4 Å². The van der Waals surface area contributed by atoms with E-state index in [0.29, 0.717) is 36.4 Å². The summed E-state index contributed by atoms with van der Waals surface area (Å²) in [5, 5.41) is 0.0157. The number of fused-ring (bicyclic) bond motifs is 1. The summed E-state index contributed by atoms with van der Waals surface area (Å²) in [4.78, 5) is 13.0. The minimum Gasteiger partial charge on any atom is -0.324 e. The molecule has 0 aliphatic carbocycles. The van der Waals surface area contributed by atoms with E-state index in [2.05, 4.69) is 37.5 Å². The number of benzene rings is 1. The van der Waals surface area contributed by atoms with Crippen molar-refractivity contribution < 1.29 is 8.78 Å². The van der Waals surface area contributed by atoms with Gasteiger partial charge in [-0.15, -0.1) is 0 Å². The molecule has 4 aromatic rings. The van der Waals surface area contributed by atoms with Gasteiger partial charge in [-0.05, 0) is 46.7 Å². The molecule has 0 spiro atoms. The van der Waals surface area contributed by atoms with E-state index < -0.39 is 12.5 Å². The summed E-state index contributed by atoms with van der Waals surface area (Å²) in [7, 11) is 0. The number of halogens is 4. The fourth-order valence-corrected chi connectivity index (χ4v) is 3.71. The molecular formula is C19H15ClF2IN5. The second-order valence-corrected chi connectivity index (χ2v) is 7.82. The van der Waals surface area contributed by atoms with Crippen molar-refractivity contribution in [3.63, 3.8) is 0 Å². The Hall–Kier alpha value is -2.07. The van der Waals surface area contributed by atoms with Crippen LogP contribution in [0.5, 0.6) is 0 Å². The maximum atomic E-state index is 13.9. The largest absolute Gasteiger partial charge is 0.324 e. The zero-order valence-corrected chi connectivity index (χ0v) is 17.5. The van der Waals surface area contributed by atoms with Gasteiger partial charge in [0.2, 0.25) is 0 Å². The first-order valence-electron chi connectivity index (χ1n) is 8.58. The van der Waals surface area contributed by atoms with Crippen LogP contribution in [0.1, 0.15) is 12.0 Å². The van der Waals surface area contributed by atoms with E-state index in [1.54, 1.807) is 24.9 Å². The van der Waals surface area contributed by atoms with Crippen LogP contribution in [0.3, 0.4) is 0 Å². The van der Waals surface area contributed by atoms with Gasteiger partial charge >= 0.3 is 0 Å². The first kappa shape index (κ1) is 19.3. The topological polar surface area (TPSA) is 48.5 Å². The molecule has 3 heterocycles. The van der Waals surface area contributed by atoms with E-state index in [1.807, 2.05) is 15.2 Å². The quantitative estimate of drug-likeness (QED) is 0.337. The monoisotopic (exact) mass is 513 g/mol. The van der Waals surface area contributed by atoms with Crippen LogP contribution in [0.4, 0.5) is 8.78 Å². The Balaban J connectivity index is 1.79. The van der Waals surface area contributed by atoms with Crippen molar-refractivity contribution in [2.75, 3.05) is 6.67 Å². The van der Waals surface area contributed by atoms with Crippen molar-refractivity contribution >= 4 is 45.2 Å². The molecule has 0 N–H and O–H groups in total. The molecule has 0 bridgehead atoms. The Morgan fingerprint density at radius 1 is 1.11 bits per heavy atom. The summed E-state index contributed by atoms with van der Waals surface area (Å²) in [6.45, 7) is 0.573. The van der Waals surface area contributed by atoms with E-state index in [4.69, 9.17) is 11.6 Å².